The molecule has 1 aliphatic heterocycles. The molecule has 114 valence electrons. The van der Waals surface area contributed by atoms with Crippen LogP contribution in [0.3, 0.4) is 0 Å². The predicted octanol–water partition coefficient (Wildman–Crippen LogP) is 0.890. The molecule has 2 fully saturated rings. The minimum atomic E-state index is -0.422. The number of hydrogen-bond acceptors (Lipinski definition) is 3. The van der Waals surface area contributed by atoms with E-state index in [2.05, 4.69) is 15.5 Å². The molecule has 0 aromatic carbocycles. The maximum Gasteiger partial charge on any atom is 0.243 e. The third-order valence-electron chi connectivity index (χ3n) is 4.25. The van der Waals surface area contributed by atoms with Gasteiger partial charge in [0.25, 0.3) is 0 Å². The zero-order valence-electron chi connectivity index (χ0n) is 12.8. The molecule has 0 aromatic rings. The van der Waals surface area contributed by atoms with Crippen LogP contribution in [0.25, 0.3) is 0 Å². The van der Waals surface area contributed by atoms with Gasteiger partial charge in [-0.25, -0.2) is 0 Å². The second-order valence-electron chi connectivity index (χ2n) is 6.47. The summed E-state index contributed by atoms with van der Waals surface area (Å²) < 4.78 is 0. The van der Waals surface area contributed by atoms with Gasteiger partial charge in [-0.05, 0) is 31.6 Å². The number of carbonyl (C=O) groups excluding carboxylic acids is 2. The Hall–Kier alpha value is -1.10. The summed E-state index contributed by atoms with van der Waals surface area (Å²) in [5, 5.41) is 5.85. The van der Waals surface area contributed by atoms with Crippen molar-refractivity contribution in [3.05, 3.63) is 0 Å². The van der Waals surface area contributed by atoms with Gasteiger partial charge >= 0.3 is 0 Å². The molecule has 1 unspecified atom stereocenters. The van der Waals surface area contributed by atoms with Crippen molar-refractivity contribution in [2.45, 2.75) is 64.6 Å². The molecule has 5 heteroatoms. The van der Waals surface area contributed by atoms with Gasteiger partial charge in [-0.1, -0.05) is 13.8 Å². The van der Waals surface area contributed by atoms with Gasteiger partial charge in [0.1, 0.15) is 6.04 Å². The molecule has 1 aliphatic carbocycles. The van der Waals surface area contributed by atoms with Crippen LogP contribution in [0, 0.1) is 5.92 Å². The van der Waals surface area contributed by atoms with Crippen LogP contribution in [-0.4, -0.2) is 47.9 Å². The van der Waals surface area contributed by atoms with Crippen LogP contribution in [0.2, 0.25) is 0 Å². The van der Waals surface area contributed by atoms with Crippen LogP contribution in [0.4, 0.5) is 0 Å². The van der Waals surface area contributed by atoms with Gasteiger partial charge in [-0.3, -0.25) is 9.59 Å². The second kappa shape index (κ2) is 6.57. The molecule has 0 radical (unpaired) electrons. The summed E-state index contributed by atoms with van der Waals surface area (Å²) >= 11 is 0. The Balaban J connectivity index is 1.79. The molecule has 2 aliphatic rings. The highest BCUT2D eigenvalue weighted by Gasteiger charge is 2.33. The number of piperidine rings is 1. The summed E-state index contributed by atoms with van der Waals surface area (Å²) in [5.41, 5.74) is 0. The molecule has 2 amide bonds. The fraction of sp³-hybridized carbons (Fsp3) is 0.867. The SMILES string of the molecule is CC(=O)NC(C(=O)NC1CCN(C2CC2)CC1)C(C)C. The van der Waals surface area contributed by atoms with E-state index in [0.717, 1.165) is 32.0 Å². The molecule has 2 N–H and O–H groups in total. The highest BCUT2D eigenvalue weighted by atomic mass is 16.2. The van der Waals surface area contributed by atoms with E-state index in [1.807, 2.05) is 13.8 Å². The van der Waals surface area contributed by atoms with Gasteiger partial charge in [-0.2, -0.15) is 0 Å². The summed E-state index contributed by atoms with van der Waals surface area (Å²) in [5.74, 6) is -0.0899. The Morgan fingerprint density at radius 2 is 1.70 bits per heavy atom. The zero-order chi connectivity index (χ0) is 14.7. The summed E-state index contributed by atoms with van der Waals surface area (Å²) in [6, 6.07) is 0.649. The number of nitrogens with one attached hydrogen (secondary N) is 2. The summed E-state index contributed by atoms with van der Waals surface area (Å²) in [7, 11) is 0. The fourth-order valence-corrected chi connectivity index (χ4v) is 2.89. The van der Waals surface area contributed by atoms with E-state index in [0.29, 0.717) is 0 Å². The average Bonchev–Trinajstić information content (AvgIpc) is 3.20. The van der Waals surface area contributed by atoms with Crippen molar-refractivity contribution in [2.75, 3.05) is 13.1 Å². The van der Waals surface area contributed by atoms with Gasteiger partial charge < -0.3 is 15.5 Å². The molecule has 20 heavy (non-hydrogen) atoms. The van der Waals surface area contributed by atoms with Crippen molar-refractivity contribution in [1.29, 1.82) is 0 Å². The molecule has 0 aromatic heterocycles. The number of rotatable bonds is 5. The van der Waals surface area contributed by atoms with E-state index in [4.69, 9.17) is 0 Å². The lowest BCUT2D eigenvalue weighted by Crippen LogP contribution is -2.53. The average molecular weight is 281 g/mol. The first-order valence-corrected chi connectivity index (χ1v) is 7.79. The van der Waals surface area contributed by atoms with Crippen molar-refractivity contribution < 1.29 is 9.59 Å². The highest BCUT2D eigenvalue weighted by molar-refractivity contribution is 5.87. The van der Waals surface area contributed by atoms with Gasteiger partial charge in [0.05, 0.1) is 0 Å². The Bertz CT molecular complexity index is 358. The van der Waals surface area contributed by atoms with Gasteiger partial charge in [-0.15, -0.1) is 0 Å². The second-order valence-corrected chi connectivity index (χ2v) is 6.47. The number of carbonyl (C=O) groups is 2. The van der Waals surface area contributed by atoms with Crippen LogP contribution in [0.5, 0.6) is 0 Å². The van der Waals surface area contributed by atoms with Crippen molar-refractivity contribution >= 4 is 11.8 Å². The molecular weight excluding hydrogens is 254 g/mol. The molecule has 1 saturated heterocycles. The topological polar surface area (TPSA) is 61.4 Å². The van der Waals surface area contributed by atoms with E-state index in [1.54, 1.807) is 0 Å². The maximum atomic E-state index is 12.3. The predicted molar refractivity (Wildman–Crippen MR) is 78.2 cm³/mol. The van der Waals surface area contributed by atoms with Crippen molar-refractivity contribution in [2.24, 2.45) is 5.92 Å². The first-order chi connectivity index (χ1) is 9.47. The summed E-state index contributed by atoms with van der Waals surface area (Å²) in [6.07, 6.45) is 4.73. The van der Waals surface area contributed by atoms with Gasteiger partial charge in [0.2, 0.25) is 11.8 Å². The van der Waals surface area contributed by atoms with Crippen LogP contribution < -0.4 is 10.6 Å². The van der Waals surface area contributed by atoms with E-state index in [1.165, 1.54) is 19.8 Å². The minimum absolute atomic E-state index is 0.0416. The third-order valence-corrected chi connectivity index (χ3v) is 4.25. The van der Waals surface area contributed by atoms with Gasteiger partial charge in [0, 0.05) is 32.1 Å². The molecule has 5 nitrogen and oxygen atoms in total. The van der Waals surface area contributed by atoms with Crippen LogP contribution in [0.15, 0.2) is 0 Å². The minimum Gasteiger partial charge on any atom is -0.351 e. The number of likely N-dealkylation sites (tertiary alicyclic amines) is 1. The smallest absolute Gasteiger partial charge is 0.243 e. The number of hydrogen-bond donors (Lipinski definition) is 2. The van der Waals surface area contributed by atoms with Crippen LogP contribution in [-0.2, 0) is 9.59 Å². The Labute approximate surface area is 121 Å². The van der Waals surface area contributed by atoms with E-state index >= 15 is 0 Å². The zero-order valence-corrected chi connectivity index (χ0v) is 12.8. The lowest BCUT2D eigenvalue weighted by Gasteiger charge is -2.33. The fourth-order valence-electron chi connectivity index (χ4n) is 2.89. The standard InChI is InChI=1S/C15H27N3O2/c1-10(2)14(16-11(3)19)15(20)17-12-6-8-18(9-7-12)13-4-5-13/h10,12-14H,4-9H2,1-3H3,(H,16,19)(H,17,20). The van der Waals surface area contributed by atoms with Crippen molar-refractivity contribution in [1.82, 2.24) is 15.5 Å². The largest absolute Gasteiger partial charge is 0.351 e. The van der Waals surface area contributed by atoms with E-state index in [9.17, 15) is 9.59 Å². The summed E-state index contributed by atoms with van der Waals surface area (Å²) in [6.45, 7) is 7.53. The number of amides is 2. The first-order valence-electron chi connectivity index (χ1n) is 7.79. The number of nitrogens with zero attached hydrogens (tertiary/aromatic N) is 1. The van der Waals surface area contributed by atoms with Crippen LogP contribution >= 0.6 is 0 Å². The molecule has 0 spiro atoms. The molecule has 2 rings (SSSR count). The van der Waals surface area contributed by atoms with Gasteiger partial charge in [0.15, 0.2) is 0 Å². The Kier molecular flexibility index (Phi) is 5.02. The normalized spacial score (nSPS) is 22.6. The van der Waals surface area contributed by atoms with E-state index < -0.39 is 6.04 Å². The van der Waals surface area contributed by atoms with Crippen LogP contribution in [0.1, 0.15) is 46.5 Å². The lowest BCUT2D eigenvalue weighted by molar-refractivity contribution is -0.129. The van der Waals surface area contributed by atoms with E-state index in [-0.39, 0.29) is 23.8 Å². The molecule has 1 heterocycles. The third kappa shape index (κ3) is 4.20. The first kappa shape index (κ1) is 15.3. The molecule has 1 atom stereocenters. The van der Waals surface area contributed by atoms with Crippen molar-refractivity contribution in [3.63, 3.8) is 0 Å². The molecular formula is C15H27N3O2. The van der Waals surface area contributed by atoms with Crippen molar-refractivity contribution in [3.8, 4) is 0 Å². The Morgan fingerprint density at radius 1 is 1.10 bits per heavy atom. The summed E-state index contributed by atoms with van der Waals surface area (Å²) in [4.78, 5) is 26.0. The lowest BCUT2D eigenvalue weighted by atomic mass is 10.0. The molecule has 0 bridgehead atoms. The molecule has 1 saturated carbocycles. The maximum absolute atomic E-state index is 12.3. The monoisotopic (exact) mass is 281 g/mol. The highest BCUT2D eigenvalue weighted by Crippen LogP contribution is 2.29. The quantitative estimate of drug-likeness (QED) is 0.787. The Morgan fingerprint density at radius 3 is 2.15 bits per heavy atom.